The van der Waals surface area contributed by atoms with Crippen molar-refractivity contribution < 1.29 is 4.74 Å². The molecule has 1 aromatic carbocycles. The first-order valence-electron chi connectivity index (χ1n) is 4.83. The molecule has 0 saturated carbocycles. The van der Waals surface area contributed by atoms with Gasteiger partial charge in [-0.1, -0.05) is 11.6 Å². The summed E-state index contributed by atoms with van der Waals surface area (Å²) in [5, 5.41) is 0.273. The Morgan fingerprint density at radius 2 is 2.12 bits per heavy atom. The number of nitrogens with zero attached hydrogens (tertiary/aromatic N) is 1. The van der Waals surface area contributed by atoms with Crippen LogP contribution >= 0.6 is 25.3 Å². The largest absolute Gasteiger partial charge is 0.493 e. The second kappa shape index (κ2) is 5.88. The minimum Gasteiger partial charge on any atom is -0.493 e. The Morgan fingerprint density at radius 3 is 2.69 bits per heavy atom. The summed E-state index contributed by atoms with van der Waals surface area (Å²) in [5.74, 6) is 0.730. The number of benzene rings is 1. The van der Waals surface area contributed by atoms with Gasteiger partial charge in [-0.25, -0.2) is 4.85 Å². The number of rotatable bonds is 3. The minimum absolute atomic E-state index is 0.273. The predicted molar refractivity (Wildman–Crippen MR) is 73.8 cm³/mol. The van der Waals surface area contributed by atoms with E-state index in [-0.39, 0.29) is 5.03 Å². The molecule has 0 unspecified atom stereocenters. The van der Waals surface area contributed by atoms with Gasteiger partial charge in [-0.05, 0) is 26.0 Å². The van der Waals surface area contributed by atoms with Crippen molar-refractivity contribution in [1.82, 2.24) is 0 Å². The Labute approximate surface area is 107 Å². The molecule has 84 valence electrons. The summed E-state index contributed by atoms with van der Waals surface area (Å²) < 4.78 is 5.49. The molecule has 0 radical (unpaired) electrons. The second-order valence-corrected chi connectivity index (χ2v) is 4.09. The van der Waals surface area contributed by atoms with Crippen LogP contribution in [0.25, 0.3) is 9.75 Å². The van der Waals surface area contributed by atoms with Crippen molar-refractivity contribution >= 4 is 30.2 Å². The van der Waals surface area contributed by atoms with Crippen LogP contribution in [0.5, 0.6) is 5.75 Å². The fourth-order valence-corrected chi connectivity index (χ4v) is 1.63. The summed E-state index contributed by atoms with van der Waals surface area (Å²) in [6, 6.07) is 5.79. The van der Waals surface area contributed by atoms with E-state index >= 15 is 0 Å². The molecule has 1 aromatic rings. The fraction of sp³-hybridized carbons (Fsp3) is 0.250. The molecular weight excluding hydrogens is 238 g/mol. The maximum Gasteiger partial charge on any atom is 0.231 e. The number of aryl methyl sites for hydroxylation is 1. The van der Waals surface area contributed by atoms with Crippen molar-refractivity contribution in [3.63, 3.8) is 0 Å². The van der Waals surface area contributed by atoms with Crippen LogP contribution in [-0.2, 0) is 0 Å². The smallest absolute Gasteiger partial charge is 0.231 e. The van der Waals surface area contributed by atoms with Gasteiger partial charge in [0.2, 0.25) is 5.03 Å². The maximum absolute atomic E-state index is 6.92. The van der Waals surface area contributed by atoms with Crippen LogP contribution < -0.4 is 4.74 Å². The first-order valence-corrected chi connectivity index (χ1v) is 5.73. The van der Waals surface area contributed by atoms with Crippen LogP contribution in [-0.4, -0.2) is 6.61 Å². The molecule has 0 atom stereocenters. The highest BCUT2D eigenvalue weighted by molar-refractivity contribution is 7.93. The Morgan fingerprint density at radius 1 is 1.44 bits per heavy atom. The van der Waals surface area contributed by atoms with Crippen LogP contribution in [0.15, 0.2) is 23.2 Å². The molecule has 0 amide bonds. The van der Waals surface area contributed by atoms with Gasteiger partial charge in [0.25, 0.3) is 0 Å². The molecule has 2 nitrogen and oxygen atoms in total. The summed E-state index contributed by atoms with van der Waals surface area (Å²) in [7, 11) is 0. The monoisotopic (exact) mass is 251 g/mol. The van der Waals surface area contributed by atoms with Crippen molar-refractivity contribution in [1.29, 1.82) is 0 Å². The highest BCUT2D eigenvalue weighted by atomic mass is 32.1. The average molecular weight is 251 g/mol. The standard InChI is InChI=1S/C12H13NOS2/c1-4-14-10-6-5-8(2)7-9(10)11(15)12(16)13-3/h5-7,15-16H,4H2,1-2H3/b12-11-. The molecule has 0 aliphatic rings. The first-order chi connectivity index (χ1) is 7.60. The molecule has 0 heterocycles. The number of hydrogen-bond acceptors (Lipinski definition) is 3. The lowest BCUT2D eigenvalue weighted by Crippen LogP contribution is -1.95. The predicted octanol–water partition coefficient (Wildman–Crippen LogP) is 3.80. The molecule has 0 aliphatic carbocycles. The normalized spacial score (nSPS) is 11.7. The molecule has 0 saturated heterocycles. The van der Waals surface area contributed by atoms with E-state index in [1.54, 1.807) is 0 Å². The molecule has 0 fully saturated rings. The summed E-state index contributed by atoms with van der Waals surface area (Å²) in [6.45, 7) is 11.4. The number of hydrogen-bond donors (Lipinski definition) is 2. The highest BCUT2D eigenvalue weighted by Gasteiger charge is 2.09. The maximum atomic E-state index is 6.92. The highest BCUT2D eigenvalue weighted by Crippen LogP contribution is 2.33. The van der Waals surface area contributed by atoms with E-state index in [2.05, 4.69) is 30.1 Å². The quantitative estimate of drug-likeness (QED) is 0.616. The van der Waals surface area contributed by atoms with Crippen LogP contribution in [0.1, 0.15) is 18.1 Å². The third-order valence-electron chi connectivity index (χ3n) is 2.01. The fourth-order valence-electron chi connectivity index (χ4n) is 1.28. The van der Waals surface area contributed by atoms with E-state index < -0.39 is 0 Å². The molecule has 4 heteroatoms. The van der Waals surface area contributed by atoms with Crippen LogP contribution in [0.3, 0.4) is 0 Å². The van der Waals surface area contributed by atoms with E-state index in [0.29, 0.717) is 11.5 Å². The third-order valence-corrected chi connectivity index (χ3v) is 2.96. The summed E-state index contributed by atoms with van der Waals surface area (Å²) >= 11 is 8.39. The zero-order valence-corrected chi connectivity index (χ0v) is 11.0. The summed E-state index contributed by atoms with van der Waals surface area (Å²) in [6.07, 6.45) is 0. The van der Waals surface area contributed by atoms with E-state index in [4.69, 9.17) is 11.3 Å². The molecule has 16 heavy (non-hydrogen) atoms. The van der Waals surface area contributed by atoms with Crippen LogP contribution in [0.4, 0.5) is 0 Å². The Hall–Kier alpha value is -1.05. The van der Waals surface area contributed by atoms with Gasteiger partial charge in [-0.2, -0.15) is 25.3 Å². The minimum atomic E-state index is 0.273. The van der Waals surface area contributed by atoms with Gasteiger partial charge < -0.3 is 4.74 Å². The van der Waals surface area contributed by atoms with Gasteiger partial charge in [-0.15, -0.1) is 0 Å². The number of thiol groups is 2. The molecule has 1 rings (SSSR count). The third kappa shape index (κ3) is 2.97. The van der Waals surface area contributed by atoms with Gasteiger partial charge in [0.1, 0.15) is 5.75 Å². The Balaban J connectivity index is 3.31. The lowest BCUT2D eigenvalue weighted by molar-refractivity contribution is 0.339. The summed E-state index contributed by atoms with van der Waals surface area (Å²) in [5.41, 5.74) is 1.90. The Bertz CT molecular complexity index is 461. The lowest BCUT2D eigenvalue weighted by Gasteiger charge is -2.11. The topological polar surface area (TPSA) is 13.6 Å². The average Bonchev–Trinajstić information content (AvgIpc) is 2.29. The van der Waals surface area contributed by atoms with Crippen molar-refractivity contribution in [3.8, 4) is 5.75 Å². The summed E-state index contributed by atoms with van der Waals surface area (Å²) in [4.78, 5) is 3.80. The van der Waals surface area contributed by atoms with Crippen LogP contribution in [0, 0.1) is 13.5 Å². The zero-order valence-electron chi connectivity index (χ0n) is 9.19. The van der Waals surface area contributed by atoms with E-state index in [1.165, 1.54) is 0 Å². The van der Waals surface area contributed by atoms with E-state index in [9.17, 15) is 0 Å². The zero-order chi connectivity index (χ0) is 12.1. The van der Waals surface area contributed by atoms with Crippen molar-refractivity contribution in [2.75, 3.05) is 6.61 Å². The van der Waals surface area contributed by atoms with Crippen LogP contribution in [0.2, 0.25) is 0 Å². The number of ether oxygens (including phenoxy) is 1. The van der Waals surface area contributed by atoms with E-state index in [0.717, 1.165) is 16.9 Å². The molecule has 0 bridgehead atoms. The molecule has 0 aromatic heterocycles. The van der Waals surface area contributed by atoms with Crippen molar-refractivity contribution in [2.45, 2.75) is 13.8 Å². The molecule has 0 N–H and O–H groups in total. The van der Waals surface area contributed by atoms with Crippen molar-refractivity contribution in [2.24, 2.45) is 0 Å². The SMILES string of the molecule is [C-]#[N+]/C(S)=C(/S)c1cc(C)ccc1OCC. The van der Waals surface area contributed by atoms with Gasteiger partial charge >= 0.3 is 0 Å². The van der Waals surface area contributed by atoms with Gasteiger partial charge in [-0.3, -0.25) is 0 Å². The second-order valence-electron chi connectivity index (χ2n) is 3.22. The van der Waals surface area contributed by atoms with Crippen molar-refractivity contribution in [3.05, 3.63) is 45.8 Å². The van der Waals surface area contributed by atoms with E-state index in [1.807, 2.05) is 32.0 Å². The molecular formula is C12H13NOS2. The molecule has 0 spiro atoms. The van der Waals surface area contributed by atoms with Gasteiger partial charge in [0, 0.05) is 10.5 Å². The Kier molecular flexibility index (Phi) is 4.78. The van der Waals surface area contributed by atoms with Gasteiger partial charge in [0.15, 0.2) is 0 Å². The van der Waals surface area contributed by atoms with Gasteiger partial charge in [0.05, 0.1) is 13.2 Å². The first kappa shape index (κ1) is 13.0. The molecule has 0 aliphatic heterocycles. The lowest BCUT2D eigenvalue weighted by atomic mass is 10.1.